The van der Waals surface area contributed by atoms with Gasteiger partial charge >= 0.3 is 0 Å². The fourth-order valence-electron chi connectivity index (χ4n) is 1.79. The lowest BCUT2D eigenvalue weighted by Gasteiger charge is -2.00. The SMILES string of the molecule is CCCNCCc1cn(Cc2cn(C)nn2)cn1. The normalized spacial score (nSPS) is 11.0. The summed E-state index contributed by atoms with van der Waals surface area (Å²) in [5, 5.41) is 11.3. The van der Waals surface area contributed by atoms with Crippen molar-refractivity contribution < 1.29 is 0 Å². The van der Waals surface area contributed by atoms with E-state index < -0.39 is 0 Å². The van der Waals surface area contributed by atoms with Crippen LogP contribution in [-0.2, 0) is 20.0 Å². The van der Waals surface area contributed by atoms with Crippen molar-refractivity contribution >= 4 is 0 Å². The van der Waals surface area contributed by atoms with Crippen molar-refractivity contribution in [2.75, 3.05) is 13.1 Å². The van der Waals surface area contributed by atoms with Crippen molar-refractivity contribution in [2.24, 2.45) is 7.05 Å². The van der Waals surface area contributed by atoms with E-state index in [-0.39, 0.29) is 0 Å². The molecule has 0 atom stereocenters. The zero-order valence-electron chi connectivity index (χ0n) is 11.0. The molecule has 0 aliphatic rings. The summed E-state index contributed by atoms with van der Waals surface area (Å²) >= 11 is 0. The van der Waals surface area contributed by atoms with Crippen molar-refractivity contribution in [3.05, 3.63) is 30.1 Å². The quantitative estimate of drug-likeness (QED) is 0.729. The Balaban J connectivity index is 1.82. The van der Waals surface area contributed by atoms with Crippen molar-refractivity contribution in [3.63, 3.8) is 0 Å². The molecule has 2 aromatic heterocycles. The Morgan fingerprint density at radius 1 is 1.22 bits per heavy atom. The molecule has 0 amide bonds. The van der Waals surface area contributed by atoms with Crippen LogP contribution < -0.4 is 5.32 Å². The maximum absolute atomic E-state index is 4.38. The zero-order chi connectivity index (χ0) is 12.8. The van der Waals surface area contributed by atoms with Gasteiger partial charge in [0.15, 0.2) is 0 Å². The second-order valence-corrected chi connectivity index (χ2v) is 4.42. The molecular formula is C12H20N6. The number of imidazole rings is 1. The molecule has 0 fully saturated rings. The van der Waals surface area contributed by atoms with Crippen LogP contribution in [0.25, 0.3) is 0 Å². The second kappa shape index (κ2) is 6.30. The number of nitrogens with one attached hydrogen (secondary N) is 1. The molecule has 2 aromatic rings. The molecule has 1 N–H and O–H groups in total. The van der Waals surface area contributed by atoms with Gasteiger partial charge in [-0.1, -0.05) is 12.1 Å². The van der Waals surface area contributed by atoms with Gasteiger partial charge in [-0.05, 0) is 13.0 Å². The summed E-state index contributed by atoms with van der Waals surface area (Å²) < 4.78 is 3.75. The Morgan fingerprint density at radius 2 is 2.11 bits per heavy atom. The summed E-state index contributed by atoms with van der Waals surface area (Å²) in [6, 6.07) is 0. The van der Waals surface area contributed by atoms with Crippen molar-refractivity contribution in [3.8, 4) is 0 Å². The van der Waals surface area contributed by atoms with E-state index in [1.165, 1.54) is 6.42 Å². The lowest BCUT2D eigenvalue weighted by molar-refractivity contribution is 0.666. The molecular weight excluding hydrogens is 228 g/mol. The molecule has 2 heterocycles. The molecule has 0 aliphatic heterocycles. The predicted octanol–water partition coefficient (Wildman–Crippen LogP) is 0.602. The summed E-state index contributed by atoms with van der Waals surface area (Å²) in [5.74, 6) is 0. The number of nitrogens with zero attached hydrogens (tertiary/aromatic N) is 5. The lowest BCUT2D eigenvalue weighted by Crippen LogP contribution is -2.17. The summed E-state index contributed by atoms with van der Waals surface area (Å²) in [5.41, 5.74) is 2.06. The Kier molecular flexibility index (Phi) is 4.46. The Labute approximate surface area is 107 Å². The molecule has 0 saturated heterocycles. The first-order valence-electron chi connectivity index (χ1n) is 6.34. The third kappa shape index (κ3) is 3.66. The summed E-state index contributed by atoms with van der Waals surface area (Å²) in [6.45, 7) is 4.95. The summed E-state index contributed by atoms with van der Waals surface area (Å²) in [6.07, 6.45) is 7.98. The van der Waals surface area contributed by atoms with E-state index in [0.29, 0.717) is 0 Å². The number of aryl methyl sites for hydroxylation is 1. The average Bonchev–Trinajstić information content (AvgIpc) is 2.95. The molecule has 0 spiro atoms. The van der Waals surface area contributed by atoms with Gasteiger partial charge in [0.05, 0.1) is 18.6 Å². The first-order valence-corrected chi connectivity index (χ1v) is 6.34. The molecule has 0 bridgehead atoms. The summed E-state index contributed by atoms with van der Waals surface area (Å²) in [4.78, 5) is 4.38. The minimum absolute atomic E-state index is 0.725. The topological polar surface area (TPSA) is 60.6 Å². The highest BCUT2D eigenvalue weighted by Crippen LogP contribution is 2.01. The van der Waals surface area contributed by atoms with Gasteiger partial charge < -0.3 is 9.88 Å². The highest BCUT2D eigenvalue weighted by atomic mass is 15.4. The van der Waals surface area contributed by atoms with Gasteiger partial charge in [-0.2, -0.15) is 0 Å². The molecule has 0 unspecified atom stereocenters. The van der Waals surface area contributed by atoms with E-state index >= 15 is 0 Å². The maximum Gasteiger partial charge on any atom is 0.102 e. The molecule has 0 radical (unpaired) electrons. The largest absolute Gasteiger partial charge is 0.331 e. The van der Waals surface area contributed by atoms with Crippen LogP contribution in [0.1, 0.15) is 24.7 Å². The zero-order valence-corrected chi connectivity index (χ0v) is 11.0. The van der Waals surface area contributed by atoms with Gasteiger partial charge in [0.2, 0.25) is 0 Å². The molecule has 98 valence electrons. The Bertz CT molecular complexity index is 472. The second-order valence-electron chi connectivity index (χ2n) is 4.42. The van der Waals surface area contributed by atoms with Crippen molar-refractivity contribution in [2.45, 2.75) is 26.3 Å². The maximum atomic E-state index is 4.38. The van der Waals surface area contributed by atoms with Crippen LogP contribution in [0.15, 0.2) is 18.7 Å². The van der Waals surface area contributed by atoms with Gasteiger partial charge in [-0.3, -0.25) is 4.68 Å². The van der Waals surface area contributed by atoms with Gasteiger partial charge in [0.25, 0.3) is 0 Å². The molecule has 0 aromatic carbocycles. The van der Waals surface area contributed by atoms with E-state index in [1.54, 1.807) is 4.68 Å². The van der Waals surface area contributed by atoms with E-state index in [4.69, 9.17) is 0 Å². The van der Waals surface area contributed by atoms with Crippen molar-refractivity contribution in [1.82, 2.24) is 29.9 Å². The number of rotatable bonds is 7. The van der Waals surface area contributed by atoms with Crippen molar-refractivity contribution in [1.29, 1.82) is 0 Å². The molecule has 0 saturated carbocycles. The first-order chi connectivity index (χ1) is 8.78. The van der Waals surface area contributed by atoms with E-state index in [0.717, 1.165) is 37.4 Å². The third-order valence-corrected chi connectivity index (χ3v) is 2.67. The molecule has 6 nitrogen and oxygen atoms in total. The molecule has 0 aliphatic carbocycles. The van der Waals surface area contributed by atoms with E-state index in [9.17, 15) is 0 Å². The smallest absolute Gasteiger partial charge is 0.102 e. The van der Waals surface area contributed by atoms with Crippen LogP contribution in [0.3, 0.4) is 0 Å². The van der Waals surface area contributed by atoms with Gasteiger partial charge in [0, 0.05) is 32.4 Å². The number of hydrogen-bond acceptors (Lipinski definition) is 4. The van der Waals surface area contributed by atoms with Gasteiger partial charge in [0.1, 0.15) is 5.69 Å². The molecule has 2 rings (SSSR count). The van der Waals surface area contributed by atoms with Crippen LogP contribution in [0.2, 0.25) is 0 Å². The Hall–Kier alpha value is -1.69. The Morgan fingerprint density at radius 3 is 2.83 bits per heavy atom. The van der Waals surface area contributed by atoms with Gasteiger partial charge in [-0.15, -0.1) is 5.10 Å². The highest BCUT2D eigenvalue weighted by Gasteiger charge is 2.02. The van der Waals surface area contributed by atoms with Crippen LogP contribution >= 0.6 is 0 Å². The molecule has 6 heteroatoms. The van der Waals surface area contributed by atoms with Gasteiger partial charge in [-0.25, -0.2) is 4.98 Å². The minimum atomic E-state index is 0.725. The fourth-order valence-corrected chi connectivity index (χ4v) is 1.79. The predicted molar refractivity (Wildman–Crippen MR) is 69.2 cm³/mol. The van der Waals surface area contributed by atoms with Crippen LogP contribution in [0.5, 0.6) is 0 Å². The third-order valence-electron chi connectivity index (χ3n) is 2.67. The van der Waals surface area contributed by atoms with Crippen LogP contribution in [0.4, 0.5) is 0 Å². The first kappa shape index (κ1) is 12.8. The monoisotopic (exact) mass is 248 g/mol. The lowest BCUT2D eigenvalue weighted by atomic mass is 10.3. The fraction of sp³-hybridized carbons (Fsp3) is 0.583. The summed E-state index contributed by atoms with van der Waals surface area (Å²) in [7, 11) is 1.87. The number of hydrogen-bond donors (Lipinski definition) is 1. The average molecular weight is 248 g/mol. The standard InChI is InChI=1S/C12H20N6/c1-3-5-13-6-4-11-8-18(10-14-11)9-12-7-17(2)16-15-12/h7-8,10,13H,3-6,9H2,1-2H3. The highest BCUT2D eigenvalue weighted by molar-refractivity contribution is 5.01. The molecule has 18 heavy (non-hydrogen) atoms. The van der Waals surface area contributed by atoms with Crippen LogP contribution in [-0.4, -0.2) is 37.6 Å². The van der Waals surface area contributed by atoms with E-state index in [2.05, 4.69) is 33.7 Å². The number of aromatic nitrogens is 5. The minimum Gasteiger partial charge on any atom is -0.331 e. The van der Waals surface area contributed by atoms with E-state index in [1.807, 2.05) is 24.1 Å². The van der Waals surface area contributed by atoms with Crippen LogP contribution in [0, 0.1) is 0 Å².